The number of halogens is 4. The largest absolute Gasteiger partial charge is 0.394 e. The van der Waals surface area contributed by atoms with E-state index in [-0.39, 0.29) is 5.56 Å². The lowest BCUT2D eigenvalue weighted by molar-refractivity contribution is -0.141. The molecule has 0 bridgehead atoms. The number of amides is 1. The van der Waals surface area contributed by atoms with Gasteiger partial charge in [-0.15, -0.1) is 0 Å². The lowest BCUT2D eigenvalue weighted by Gasteiger charge is -2.17. The first kappa shape index (κ1) is 14.4. The Morgan fingerprint density at radius 2 is 2.17 bits per heavy atom. The fourth-order valence-corrected chi connectivity index (χ4v) is 1.25. The molecule has 2 N–H and O–H groups in total. The summed E-state index contributed by atoms with van der Waals surface area (Å²) in [6.45, 7) is -0.862. The number of pyridine rings is 1. The van der Waals surface area contributed by atoms with Crippen molar-refractivity contribution in [3.63, 3.8) is 0 Å². The molecule has 1 rings (SSSR count). The van der Waals surface area contributed by atoms with Crippen LogP contribution in [-0.2, 0) is 0 Å². The van der Waals surface area contributed by atoms with Crippen LogP contribution in [0.15, 0.2) is 18.3 Å². The second-order valence-corrected chi connectivity index (χ2v) is 3.54. The number of hydrogen-bond donors (Lipinski definition) is 2. The number of carbonyl (C=O) groups excluding carboxylic acids is 1. The summed E-state index contributed by atoms with van der Waals surface area (Å²) in [7, 11) is 0. The van der Waals surface area contributed by atoms with Gasteiger partial charge in [-0.3, -0.25) is 4.79 Å². The molecule has 18 heavy (non-hydrogen) atoms. The molecular weight excluding hydrogens is 256 g/mol. The summed E-state index contributed by atoms with van der Waals surface area (Å²) < 4.78 is 48.9. The summed E-state index contributed by atoms with van der Waals surface area (Å²) in [5, 5.41) is 10.7. The molecule has 0 fully saturated rings. The van der Waals surface area contributed by atoms with Crippen molar-refractivity contribution in [3.05, 3.63) is 29.8 Å². The predicted octanol–water partition coefficient (Wildman–Crippen LogP) is 1.26. The third-order valence-electron chi connectivity index (χ3n) is 2.02. The Labute approximate surface area is 99.6 Å². The number of aliphatic hydroxyl groups is 1. The first-order valence-corrected chi connectivity index (χ1v) is 4.92. The van der Waals surface area contributed by atoms with Crippen LogP contribution in [0.25, 0.3) is 0 Å². The van der Waals surface area contributed by atoms with Gasteiger partial charge in [-0.2, -0.15) is 17.6 Å². The molecule has 0 saturated carbocycles. The maximum absolute atomic E-state index is 12.7. The summed E-state index contributed by atoms with van der Waals surface area (Å²) in [5.41, 5.74) is -0.164. The van der Waals surface area contributed by atoms with E-state index >= 15 is 0 Å². The Morgan fingerprint density at radius 3 is 2.67 bits per heavy atom. The zero-order valence-corrected chi connectivity index (χ0v) is 9.04. The average Bonchev–Trinajstić information content (AvgIpc) is 2.26. The molecule has 1 amide bonds. The average molecular weight is 266 g/mol. The van der Waals surface area contributed by atoms with Crippen molar-refractivity contribution in [2.75, 3.05) is 6.61 Å². The number of nitrogens with one attached hydrogen (secondary N) is 1. The first-order valence-electron chi connectivity index (χ1n) is 4.92. The maximum atomic E-state index is 12.7. The van der Waals surface area contributed by atoms with Crippen LogP contribution in [0, 0.1) is 5.95 Å². The van der Waals surface area contributed by atoms with E-state index in [4.69, 9.17) is 5.11 Å². The van der Waals surface area contributed by atoms with Gasteiger partial charge in [0.05, 0.1) is 19.1 Å². The van der Waals surface area contributed by atoms with E-state index in [2.05, 4.69) is 4.98 Å². The normalized spacial score (nSPS) is 13.2. The molecule has 0 spiro atoms. The van der Waals surface area contributed by atoms with Gasteiger partial charge in [0.25, 0.3) is 5.91 Å². The zero-order valence-electron chi connectivity index (χ0n) is 9.04. The Hall–Kier alpha value is -1.70. The number of alkyl halides is 3. The monoisotopic (exact) mass is 266 g/mol. The lowest BCUT2D eigenvalue weighted by Crippen LogP contribution is -2.40. The third kappa shape index (κ3) is 4.66. The Kier molecular flexibility index (Phi) is 4.60. The van der Waals surface area contributed by atoms with E-state index in [1.165, 1.54) is 0 Å². The van der Waals surface area contributed by atoms with Gasteiger partial charge in [-0.05, 0) is 6.07 Å². The smallest absolute Gasteiger partial charge is 0.391 e. The first-order chi connectivity index (χ1) is 8.31. The number of hydrogen-bond acceptors (Lipinski definition) is 3. The third-order valence-corrected chi connectivity index (χ3v) is 2.02. The predicted molar refractivity (Wildman–Crippen MR) is 53.2 cm³/mol. The zero-order chi connectivity index (χ0) is 13.8. The Balaban J connectivity index is 2.68. The van der Waals surface area contributed by atoms with Crippen LogP contribution in [0.2, 0.25) is 0 Å². The molecule has 8 heteroatoms. The second kappa shape index (κ2) is 5.76. The van der Waals surface area contributed by atoms with Crippen LogP contribution >= 0.6 is 0 Å². The standard InChI is InChI=1S/C10H10F4N2O2/c11-8-3-6(1-2-15-8)9(18)16-7(5-17)4-10(12,13)14/h1-3,7,17H,4-5H2,(H,16,18)/t7-/m0/s1. The van der Waals surface area contributed by atoms with Crippen LogP contribution < -0.4 is 5.32 Å². The van der Waals surface area contributed by atoms with Crippen LogP contribution in [0.4, 0.5) is 17.6 Å². The number of rotatable bonds is 4. The van der Waals surface area contributed by atoms with Crippen molar-refractivity contribution in [2.45, 2.75) is 18.6 Å². The van der Waals surface area contributed by atoms with E-state index in [1.54, 1.807) is 0 Å². The van der Waals surface area contributed by atoms with E-state index < -0.39 is 37.1 Å². The molecule has 1 aromatic rings. The minimum Gasteiger partial charge on any atom is -0.394 e. The Morgan fingerprint density at radius 1 is 1.50 bits per heavy atom. The fourth-order valence-electron chi connectivity index (χ4n) is 1.25. The Bertz CT molecular complexity index is 423. The molecule has 0 aliphatic rings. The molecule has 0 aliphatic heterocycles. The number of aromatic nitrogens is 1. The van der Waals surface area contributed by atoms with Gasteiger partial charge in [-0.1, -0.05) is 0 Å². The van der Waals surface area contributed by atoms with E-state index in [1.807, 2.05) is 5.32 Å². The van der Waals surface area contributed by atoms with Gasteiger partial charge >= 0.3 is 6.18 Å². The number of carbonyl (C=O) groups is 1. The van der Waals surface area contributed by atoms with Crippen molar-refractivity contribution in [2.24, 2.45) is 0 Å². The van der Waals surface area contributed by atoms with E-state index in [9.17, 15) is 22.4 Å². The molecule has 0 unspecified atom stereocenters. The van der Waals surface area contributed by atoms with Crippen molar-refractivity contribution >= 4 is 5.91 Å². The van der Waals surface area contributed by atoms with Crippen LogP contribution in [0.1, 0.15) is 16.8 Å². The summed E-state index contributed by atoms with van der Waals surface area (Å²) in [5.74, 6) is -1.82. The van der Waals surface area contributed by atoms with Crippen LogP contribution in [0.5, 0.6) is 0 Å². The van der Waals surface area contributed by atoms with Crippen LogP contribution in [0.3, 0.4) is 0 Å². The molecule has 1 heterocycles. The van der Waals surface area contributed by atoms with Gasteiger partial charge in [0.2, 0.25) is 5.95 Å². The highest BCUT2D eigenvalue weighted by Gasteiger charge is 2.32. The molecule has 0 aromatic carbocycles. The molecule has 1 aromatic heterocycles. The number of aliphatic hydroxyl groups excluding tert-OH is 1. The van der Waals surface area contributed by atoms with Gasteiger partial charge in [-0.25, -0.2) is 4.98 Å². The maximum Gasteiger partial charge on any atom is 0.391 e. The summed E-state index contributed by atoms with van der Waals surface area (Å²) >= 11 is 0. The van der Waals surface area contributed by atoms with Gasteiger partial charge < -0.3 is 10.4 Å². The van der Waals surface area contributed by atoms with E-state index in [0.717, 1.165) is 18.3 Å². The summed E-state index contributed by atoms with van der Waals surface area (Å²) in [6.07, 6.45) is -4.85. The number of nitrogens with zero attached hydrogens (tertiary/aromatic N) is 1. The quantitative estimate of drug-likeness (QED) is 0.637. The highest BCUT2D eigenvalue weighted by Crippen LogP contribution is 2.21. The SMILES string of the molecule is O=C(N[C@H](CO)CC(F)(F)F)c1ccnc(F)c1. The molecule has 0 aliphatic carbocycles. The highest BCUT2D eigenvalue weighted by atomic mass is 19.4. The molecule has 4 nitrogen and oxygen atoms in total. The minimum absolute atomic E-state index is 0.164. The highest BCUT2D eigenvalue weighted by molar-refractivity contribution is 5.94. The molecular formula is C10H10F4N2O2. The summed E-state index contributed by atoms with van der Waals surface area (Å²) in [4.78, 5) is 14.7. The van der Waals surface area contributed by atoms with Crippen molar-refractivity contribution in [1.29, 1.82) is 0 Å². The fraction of sp³-hybridized carbons (Fsp3) is 0.400. The van der Waals surface area contributed by atoms with Crippen molar-refractivity contribution in [1.82, 2.24) is 10.3 Å². The minimum atomic E-state index is -4.51. The summed E-state index contributed by atoms with van der Waals surface area (Å²) in [6, 6.07) is 0.478. The van der Waals surface area contributed by atoms with Crippen molar-refractivity contribution < 1.29 is 27.5 Å². The van der Waals surface area contributed by atoms with Gasteiger partial charge in [0, 0.05) is 17.8 Å². The molecule has 0 saturated heterocycles. The molecule has 100 valence electrons. The topological polar surface area (TPSA) is 62.2 Å². The van der Waals surface area contributed by atoms with Crippen LogP contribution in [-0.4, -0.2) is 34.8 Å². The van der Waals surface area contributed by atoms with Crippen molar-refractivity contribution in [3.8, 4) is 0 Å². The van der Waals surface area contributed by atoms with Gasteiger partial charge in [0.1, 0.15) is 0 Å². The lowest BCUT2D eigenvalue weighted by atomic mass is 10.2. The molecule has 0 radical (unpaired) electrons. The van der Waals surface area contributed by atoms with E-state index in [0.29, 0.717) is 0 Å². The molecule has 1 atom stereocenters. The second-order valence-electron chi connectivity index (χ2n) is 3.54. The van der Waals surface area contributed by atoms with Gasteiger partial charge in [0.15, 0.2) is 0 Å².